The van der Waals surface area contributed by atoms with E-state index in [4.69, 9.17) is 0 Å². The molecule has 4 rings (SSSR count). The summed E-state index contributed by atoms with van der Waals surface area (Å²) in [7, 11) is 0. The Balaban J connectivity index is 1.37. The number of rotatable bonds is 6. The minimum Gasteiger partial charge on any atom is -0.326 e. The molecule has 8 heteroatoms. The average Bonchev–Trinajstić information content (AvgIpc) is 3.50. The summed E-state index contributed by atoms with van der Waals surface area (Å²) in [4.78, 5) is 37.3. The molecule has 4 amide bonds. The first kappa shape index (κ1) is 20.6. The summed E-state index contributed by atoms with van der Waals surface area (Å²) in [5, 5.41) is 11.8. The number of hydrogen-bond acceptors (Lipinski definition) is 4. The van der Waals surface area contributed by atoms with Crippen molar-refractivity contribution in [3.8, 4) is 0 Å². The highest BCUT2D eigenvalue weighted by atomic mass is 32.1. The van der Waals surface area contributed by atoms with Gasteiger partial charge in [-0.05, 0) is 61.7 Å². The number of thiophene rings is 1. The lowest BCUT2D eigenvalue weighted by Crippen LogP contribution is -2.18. The molecular formula is C23H22N4O3S. The summed E-state index contributed by atoms with van der Waals surface area (Å²) in [6.07, 6.45) is 1.86. The molecule has 1 aliphatic rings. The topological polar surface area (TPSA) is 99.3 Å². The van der Waals surface area contributed by atoms with Crippen LogP contribution < -0.4 is 21.3 Å². The van der Waals surface area contributed by atoms with Gasteiger partial charge in [-0.3, -0.25) is 14.9 Å². The van der Waals surface area contributed by atoms with Crippen molar-refractivity contribution in [2.75, 3.05) is 21.3 Å². The van der Waals surface area contributed by atoms with Crippen LogP contribution >= 0.6 is 11.3 Å². The molecule has 0 spiro atoms. The maximum atomic E-state index is 12.7. The highest BCUT2D eigenvalue weighted by molar-refractivity contribution is 7.18. The molecule has 1 fully saturated rings. The van der Waals surface area contributed by atoms with Crippen molar-refractivity contribution in [2.24, 2.45) is 5.92 Å². The molecule has 4 N–H and O–H groups in total. The van der Waals surface area contributed by atoms with Crippen LogP contribution in [0.2, 0.25) is 0 Å². The van der Waals surface area contributed by atoms with E-state index >= 15 is 0 Å². The zero-order valence-electron chi connectivity index (χ0n) is 16.9. The fourth-order valence-electron chi connectivity index (χ4n) is 2.93. The van der Waals surface area contributed by atoms with Crippen LogP contribution in [0.5, 0.6) is 0 Å². The summed E-state index contributed by atoms with van der Waals surface area (Å²) in [5.41, 5.74) is 2.85. The second kappa shape index (κ2) is 9.01. The standard InChI is InChI=1S/C23H22N4O3S/c1-14-7-10-17(24-21(28)15-8-9-15)13-18(14)26-22(29)19-11-12-20(31-19)27-23(30)25-16-5-3-2-4-6-16/h2-7,10-13,15H,8-9H2,1H3,(H,24,28)(H,26,29)(H2,25,27,30). The Hall–Kier alpha value is -3.65. The van der Waals surface area contributed by atoms with E-state index in [2.05, 4.69) is 21.3 Å². The summed E-state index contributed by atoms with van der Waals surface area (Å²) in [6, 6.07) is 17.5. The predicted molar refractivity (Wildman–Crippen MR) is 124 cm³/mol. The quantitative estimate of drug-likeness (QED) is 0.423. The predicted octanol–water partition coefficient (Wildman–Crippen LogP) is 5.30. The number of benzene rings is 2. The lowest BCUT2D eigenvalue weighted by atomic mass is 10.1. The summed E-state index contributed by atoms with van der Waals surface area (Å²) in [6.45, 7) is 1.89. The van der Waals surface area contributed by atoms with Crippen LogP contribution in [0.15, 0.2) is 60.7 Å². The zero-order chi connectivity index (χ0) is 21.8. The Kier molecular flexibility index (Phi) is 5.99. The van der Waals surface area contributed by atoms with Crippen LogP contribution in [0.3, 0.4) is 0 Å². The highest BCUT2D eigenvalue weighted by Crippen LogP contribution is 2.31. The molecule has 1 aromatic heterocycles. The smallest absolute Gasteiger partial charge is 0.324 e. The van der Waals surface area contributed by atoms with Gasteiger partial charge in [0.1, 0.15) is 0 Å². The van der Waals surface area contributed by atoms with Crippen molar-refractivity contribution < 1.29 is 14.4 Å². The van der Waals surface area contributed by atoms with Crippen molar-refractivity contribution in [3.05, 3.63) is 71.1 Å². The minimum atomic E-state index is -0.380. The van der Waals surface area contributed by atoms with Crippen LogP contribution in [-0.2, 0) is 4.79 Å². The third-order valence-corrected chi connectivity index (χ3v) is 5.80. The molecule has 1 saturated carbocycles. The fraction of sp³-hybridized carbons (Fsp3) is 0.174. The number of nitrogens with one attached hydrogen (secondary N) is 4. The van der Waals surface area contributed by atoms with E-state index in [-0.39, 0.29) is 23.8 Å². The molecule has 2 aromatic carbocycles. The van der Waals surface area contributed by atoms with Crippen LogP contribution in [0.1, 0.15) is 28.1 Å². The van der Waals surface area contributed by atoms with E-state index in [1.54, 1.807) is 30.3 Å². The van der Waals surface area contributed by atoms with E-state index in [0.29, 0.717) is 26.9 Å². The first-order chi connectivity index (χ1) is 15.0. The van der Waals surface area contributed by atoms with E-state index in [9.17, 15) is 14.4 Å². The van der Waals surface area contributed by atoms with Gasteiger partial charge in [-0.15, -0.1) is 11.3 Å². The first-order valence-electron chi connectivity index (χ1n) is 9.94. The number of anilines is 4. The number of aryl methyl sites for hydroxylation is 1. The Bertz CT molecular complexity index is 1120. The van der Waals surface area contributed by atoms with Gasteiger partial charge in [-0.2, -0.15) is 0 Å². The third-order valence-electron chi connectivity index (χ3n) is 4.80. The summed E-state index contributed by atoms with van der Waals surface area (Å²) >= 11 is 1.18. The van der Waals surface area contributed by atoms with Gasteiger partial charge in [-0.25, -0.2) is 4.79 Å². The number of carbonyl (C=O) groups is 3. The number of urea groups is 1. The molecule has 0 bridgehead atoms. The maximum Gasteiger partial charge on any atom is 0.324 e. The monoisotopic (exact) mass is 434 g/mol. The van der Waals surface area contributed by atoms with Gasteiger partial charge < -0.3 is 16.0 Å². The molecule has 0 radical (unpaired) electrons. The Morgan fingerprint density at radius 2 is 1.61 bits per heavy atom. The van der Waals surface area contributed by atoms with Gasteiger partial charge in [0.25, 0.3) is 5.91 Å². The second-order valence-electron chi connectivity index (χ2n) is 7.36. The molecule has 0 unspecified atom stereocenters. The average molecular weight is 435 g/mol. The van der Waals surface area contributed by atoms with Crippen molar-refractivity contribution in [1.82, 2.24) is 0 Å². The van der Waals surface area contributed by atoms with Gasteiger partial charge >= 0.3 is 6.03 Å². The lowest BCUT2D eigenvalue weighted by Gasteiger charge is -2.11. The van der Waals surface area contributed by atoms with Gasteiger partial charge in [0.15, 0.2) is 0 Å². The molecule has 158 valence electrons. The van der Waals surface area contributed by atoms with Crippen molar-refractivity contribution in [3.63, 3.8) is 0 Å². The van der Waals surface area contributed by atoms with Crippen LogP contribution in [0, 0.1) is 12.8 Å². The van der Waals surface area contributed by atoms with E-state index < -0.39 is 0 Å². The molecule has 3 aromatic rings. The lowest BCUT2D eigenvalue weighted by molar-refractivity contribution is -0.117. The first-order valence-corrected chi connectivity index (χ1v) is 10.8. The number of carbonyl (C=O) groups excluding carboxylic acids is 3. The molecule has 0 atom stereocenters. The van der Waals surface area contributed by atoms with Gasteiger partial charge in [0.2, 0.25) is 5.91 Å². The molecule has 31 heavy (non-hydrogen) atoms. The largest absolute Gasteiger partial charge is 0.326 e. The summed E-state index contributed by atoms with van der Waals surface area (Å²) in [5.74, 6) is -0.158. The molecular weight excluding hydrogens is 412 g/mol. The van der Waals surface area contributed by atoms with Crippen LogP contribution in [0.25, 0.3) is 0 Å². The zero-order valence-corrected chi connectivity index (χ0v) is 17.7. The SMILES string of the molecule is Cc1ccc(NC(=O)C2CC2)cc1NC(=O)c1ccc(NC(=O)Nc2ccccc2)s1. The molecule has 7 nitrogen and oxygen atoms in total. The van der Waals surface area contributed by atoms with Crippen LogP contribution in [0.4, 0.5) is 26.9 Å². The van der Waals surface area contributed by atoms with E-state index in [1.807, 2.05) is 37.3 Å². The summed E-state index contributed by atoms with van der Waals surface area (Å²) < 4.78 is 0. The van der Waals surface area contributed by atoms with Gasteiger partial charge in [-0.1, -0.05) is 24.3 Å². The van der Waals surface area contributed by atoms with Crippen LogP contribution in [-0.4, -0.2) is 17.8 Å². The Morgan fingerprint density at radius 3 is 2.35 bits per heavy atom. The molecule has 1 heterocycles. The Morgan fingerprint density at radius 1 is 0.839 bits per heavy atom. The number of hydrogen-bond donors (Lipinski definition) is 4. The highest BCUT2D eigenvalue weighted by Gasteiger charge is 2.29. The molecule has 1 aliphatic carbocycles. The second-order valence-corrected chi connectivity index (χ2v) is 8.44. The van der Waals surface area contributed by atoms with E-state index in [1.165, 1.54) is 11.3 Å². The van der Waals surface area contributed by atoms with Crippen molar-refractivity contribution >= 4 is 51.2 Å². The van der Waals surface area contributed by atoms with Gasteiger partial charge in [0.05, 0.1) is 9.88 Å². The maximum absolute atomic E-state index is 12.7. The third kappa shape index (κ3) is 5.49. The number of amides is 4. The Labute approximate surface area is 183 Å². The van der Waals surface area contributed by atoms with Crippen molar-refractivity contribution in [1.29, 1.82) is 0 Å². The number of para-hydroxylation sites is 1. The van der Waals surface area contributed by atoms with E-state index in [0.717, 1.165) is 18.4 Å². The normalized spacial score (nSPS) is 12.7. The fourth-order valence-corrected chi connectivity index (χ4v) is 3.73. The minimum absolute atomic E-state index is 0.0175. The molecule has 0 aliphatic heterocycles. The van der Waals surface area contributed by atoms with Gasteiger partial charge in [0, 0.05) is 23.0 Å². The molecule has 0 saturated heterocycles. The van der Waals surface area contributed by atoms with Crippen molar-refractivity contribution in [2.45, 2.75) is 19.8 Å².